The molecule has 114 valence electrons. The van der Waals surface area contributed by atoms with E-state index in [2.05, 4.69) is 14.9 Å². The monoisotopic (exact) mass is 302 g/mol. The molecule has 1 aliphatic carbocycles. The molecule has 0 saturated heterocycles. The summed E-state index contributed by atoms with van der Waals surface area (Å²) < 4.78 is 32.1. The van der Waals surface area contributed by atoms with Crippen LogP contribution in [-0.4, -0.2) is 43.9 Å². The van der Waals surface area contributed by atoms with Gasteiger partial charge in [-0.25, -0.2) is 13.1 Å². The lowest BCUT2D eigenvalue weighted by molar-refractivity contribution is 0.0287. The van der Waals surface area contributed by atoms with Crippen LogP contribution in [0.25, 0.3) is 0 Å². The van der Waals surface area contributed by atoms with Gasteiger partial charge in [0, 0.05) is 12.6 Å². The number of hydrogen-bond acceptors (Lipinski definition) is 5. The van der Waals surface area contributed by atoms with E-state index in [4.69, 9.17) is 10.5 Å². The van der Waals surface area contributed by atoms with Gasteiger partial charge in [-0.1, -0.05) is 0 Å². The van der Waals surface area contributed by atoms with Crippen molar-refractivity contribution in [1.29, 1.82) is 0 Å². The zero-order valence-corrected chi connectivity index (χ0v) is 12.4. The number of hydrogen-bond donors (Lipinski definition) is 3. The predicted molar refractivity (Wildman–Crippen MR) is 74.7 cm³/mol. The molecule has 1 heterocycles. The summed E-state index contributed by atoms with van der Waals surface area (Å²) in [6, 6.07) is 0.289. The molecule has 20 heavy (non-hydrogen) atoms. The third kappa shape index (κ3) is 4.02. The van der Waals surface area contributed by atoms with Crippen LogP contribution in [0.2, 0.25) is 0 Å². The summed E-state index contributed by atoms with van der Waals surface area (Å²) in [4.78, 5) is 0.182. The molecule has 4 N–H and O–H groups in total. The van der Waals surface area contributed by atoms with Gasteiger partial charge in [0.2, 0.25) is 10.0 Å². The number of aromatic amines is 1. The summed E-state index contributed by atoms with van der Waals surface area (Å²) in [5.41, 5.74) is 6.35. The Hall–Kier alpha value is -0.960. The summed E-state index contributed by atoms with van der Waals surface area (Å²) in [5.74, 6) is 0. The van der Waals surface area contributed by atoms with Crippen LogP contribution in [0.3, 0.4) is 0 Å². The second-order valence-corrected chi connectivity index (χ2v) is 6.90. The molecule has 2 rings (SSSR count). The summed E-state index contributed by atoms with van der Waals surface area (Å²) in [6.07, 6.45) is 5.37. The number of rotatable bonds is 6. The van der Waals surface area contributed by atoms with Crippen LogP contribution in [0.5, 0.6) is 0 Å². The quantitative estimate of drug-likeness (QED) is 0.654. The molecule has 1 saturated carbocycles. The van der Waals surface area contributed by atoms with E-state index in [1.165, 1.54) is 6.20 Å². The zero-order chi connectivity index (χ0) is 14.6. The number of nitrogens with zero attached hydrogens (tertiary/aromatic N) is 1. The fourth-order valence-corrected chi connectivity index (χ4v) is 3.49. The number of nitrogens with two attached hydrogens (primary N) is 1. The van der Waals surface area contributed by atoms with Crippen LogP contribution in [0.1, 0.15) is 31.4 Å². The van der Waals surface area contributed by atoms with Crippen molar-refractivity contribution in [3.63, 3.8) is 0 Å². The van der Waals surface area contributed by atoms with Gasteiger partial charge in [0.05, 0.1) is 24.6 Å². The van der Waals surface area contributed by atoms with Crippen LogP contribution in [0.15, 0.2) is 11.1 Å². The van der Waals surface area contributed by atoms with Crippen molar-refractivity contribution in [2.24, 2.45) is 5.73 Å². The molecule has 0 unspecified atom stereocenters. The van der Waals surface area contributed by atoms with E-state index in [0.717, 1.165) is 25.7 Å². The highest BCUT2D eigenvalue weighted by molar-refractivity contribution is 7.89. The second kappa shape index (κ2) is 6.66. The van der Waals surface area contributed by atoms with Crippen LogP contribution in [0, 0.1) is 6.92 Å². The first-order valence-corrected chi connectivity index (χ1v) is 8.34. The first-order valence-electron chi connectivity index (χ1n) is 6.86. The summed E-state index contributed by atoms with van der Waals surface area (Å²) >= 11 is 0. The van der Waals surface area contributed by atoms with E-state index >= 15 is 0 Å². The van der Waals surface area contributed by atoms with Gasteiger partial charge in [-0.15, -0.1) is 0 Å². The summed E-state index contributed by atoms with van der Waals surface area (Å²) in [6.45, 7) is 2.30. The van der Waals surface area contributed by atoms with Gasteiger partial charge in [0.1, 0.15) is 4.90 Å². The fraction of sp³-hybridized carbons (Fsp3) is 0.750. The van der Waals surface area contributed by atoms with Crippen molar-refractivity contribution in [3.8, 4) is 0 Å². The lowest BCUT2D eigenvalue weighted by Gasteiger charge is -2.26. The van der Waals surface area contributed by atoms with Crippen molar-refractivity contribution >= 4 is 10.0 Å². The SMILES string of the molecule is Cc1[nH]ncc1S(=O)(=O)NCCOC1CCC(N)CC1. The number of ether oxygens (including phenoxy) is 1. The molecular weight excluding hydrogens is 280 g/mol. The van der Waals surface area contributed by atoms with Gasteiger partial charge in [0.25, 0.3) is 0 Å². The molecule has 1 fully saturated rings. The summed E-state index contributed by atoms with van der Waals surface area (Å²) in [7, 11) is -3.50. The normalized spacial score (nSPS) is 23.9. The van der Waals surface area contributed by atoms with E-state index < -0.39 is 10.0 Å². The van der Waals surface area contributed by atoms with Crippen molar-refractivity contribution in [3.05, 3.63) is 11.9 Å². The maximum Gasteiger partial charge on any atom is 0.244 e. The first kappa shape index (κ1) is 15.4. The zero-order valence-electron chi connectivity index (χ0n) is 11.6. The van der Waals surface area contributed by atoms with Crippen molar-refractivity contribution in [1.82, 2.24) is 14.9 Å². The minimum atomic E-state index is -3.50. The number of aromatic nitrogens is 2. The molecular formula is C12H22N4O3S. The van der Waals surface area contributed by atoms with Crippen LogP contribution >= 0.6 is 0 Å². The van der Waals surface area contributed by atoms with Crippen molar-refractivity contribution in [2.75, 3.05) is 13.2 Å². The Morgan fingerprint density at radius 2 is 2.15 bits per heavy atom. The van der Waals surface area contributed by atoms with Crippen LogP contribution in [-0.2, 0) is 14.8 Å². The average Bonchev–Trinajstić information content (AvgIpc) is 2.84. The molecule has 0 amide bonds. The first-order chi connectivity index (χ1) is 9.49. The molecule has 1 aromatic heterocycles. The molecule has 8 heteroatoms. The number of sulfonamides is 1. The Bertz CT molecular complexity index is 521. The Morgan fingerprint density at radius 3 is 2.75 bits per heavy atom. The van der Waals surface area contributed by atoms with E-state index in [1.54, 1.807) is 6.92 Å². The van der Waals surface area contributed by atoms with Gasteiger partial charge < -0.3 is 10.5 Å². The van der Waals surface area contributed by atoms with Crippen LogP contribution in [0.4, 0.5) is 0 Å². The Labute approximate surface area is 119 Å². The minimum Gasteiger partial charge on any atom is -0.377 e. The standard InChI is InChI=1S/C12H22N4O3S/c1-9-12(8-14-16-9)20(17,18)15-6-7-19-11-4-2-10(13)3-5-11/h8,10-11,15H,2-7,13H2,1H3,(H,14,16). The molecule has 1 aliphatic rings. The lowest BCUT2D eigenvalue weighted by Crippen LogP contribution is -2.33. The van der Waals surface area contributed by atoms with Gasteiger partial charge in [-0.3, -0.25) is 5.10 Å². The molecule has 0 bridgehead atoms. The maximum atomic E-state index is 12.0. The molecule has 7 nitrogen and oxygen atoms in total. The van der Waals surface area contributed by atoms with E-state index in [-0.39, 0.29) is 23.6 Å². The topological polar surface area (TPSA) is 110 Å². The molecule has 0 aliphatic heterocycles. The van der Waals surface area contributed by atoms with Gasteiger partial charge in [-0.05, 0) is 32.6 Å². The molecule has 0 spiro atoms. The number of H-pyrrole nitrogens is 1. The smallest absolute Gasteiger partial charge is 0.244 e. The fourth-order valence-electron chi connectivity index (χ4n) is 2.35. The largest absolute Gasteiger partial charge is 0.377 e. The van der Waals surface area contributed by atoms with Crippen molar-refractivity contribution < 1.29 is 13.2 Å². The van der Waals surface area contributed by atoms with Gasteiger partial charge in [-0.2, -0.15) is 5.10 Å². The third-order valence-electron chi connectivity index (χ3n) is 3.54. The number of aryl methyl sites for hydroxylation is 1. The molecule has 1 aromatic rings. The highest BCUT2D eigenvalue weighted by Crippen LogP contribution is 2.19. The predicted octanol–water partition coefficient (Wildman–Crippen LogP) is 0.283. The lowest BCUT2D eigenvalue weighted by atomic mass is 9.94. The Balaban J connectivity index is 1.72. The average molecular weight is 302 g/mol. The van der Waals surface area contributed by atoms with Crippen molar-refractivity contribution in [2.45, 2.75) is 49.6 Å². The van der Waals surface area contributed by atoms with Crippen LogP contribution < -0.4 is 10.5 Å². The number of nitrogens with one attached hydrogen (secondary N) is 2. The Kier molecular flexibility index (Phi) is 5.14. The highest BCUT2D eigenvalue weighted by Gasteiger charge is 2.20. The van der Waals surface area contributed by atoms with E-state index in [0.29, 0.717) is 12.3 Å². The molecule has 0 radical (unpaired) electrons. The molecule has 0 atom stereocenters. The minimum absolute atomic E-state index is 0.182. The van der Waals surface area contributed by atoms with E-state index in [1.807, 2.05) is 0 Å². The van der Waals surface area contributed by atoms with E-state index in [9.17, 15) is 8.42 Å². The highest BCUT2D eigenvalue weighted by atomic mass is 32.2. The maximum absolute atomic E-state index is 12.0. The summed E-state index contributed by atoms with van der Waals surface area (Å²) in [5, 5.41) is 6.32. The molecule has 0 aromatic carbocycles. The Morgan fingerprint density at radius 1 is 1.45 bits per heavy atom. The second-order valence-electron chi connectivity index (χ2n) is 5.16. The van der Waals surface area contributed by atoms with Gasteiger partial charge >= 0.3 is 0 Å². The third-order valence-corrected chi connectivity index (χ3v) is 5.11. The van der Waals surface area contributed by atoms with Gasteiger partial charge in [0.15, 0.2) is 0 Å².